The molecule has 0 spiro atoms. The predicted molar refractivity (Wildman–Crippen MR) is 54.9 cm³/mol. The third-order valence-electron chi connectivity index (χ3n) is 3.43. The molecule has 0 aromatic heterocycles. The molecule has 0 N–H and O–H groups in total. The maximum atomic E-state index is 13.2. The van der Waals surface area contributed by atoms with E-state index in [1.165, 1.54) is 0 Å². The van der Waals surface area contributed by atoms with Crippen LogP contribution in [0.4, 0.5) is 74.6 Å². The van der Waals surface area contributed by atoms with Gasteiger partial charge in [0.2, 0.25) is 0 Å². The Morgan fingerprint density at radius 3 is 1.03 bits per heavy atom. The van der Waals surface area contributed by atoms with Crippen molar-refractivity contribution in [3.8, 4) is 0 Å². The first-order valence-corrected chi connectivity index (χ1v) is 6.58. The van der Waals surface area contributed by atoms with Gasteiger partial charge in [-0.15, -0.1) is 0 Å². The molecule has 0 aliphatic carbocycles. The molecule has 20 heteroatoms. The van der Waals surface area contributed by atoms with Gasteiger partial charge in [0, 0.05) is 12.4 Å². The molecule has 0 aliphatic rings. The molecule has 0 fully saturated rings. The third kappa shape index (κ3) is 4.53. The summed E-state index contributed by atoms with van der Waals surface area (Å²) in [7, 11) is 0. The van der Waals surface area contributed by atoms with Crippen LogP contribution < -0.4 is 24.0 Å². The Labute approximate surface area is 170 Å². The fourth-order valence-corrected chi connectivity index (χ4v) is 1.61. The zero-order valence-corrected chi connectivity index (χ0v) is 14.2. The molecular weight excluding hydrogens is 494 g/mol. The molecule has 31 heavy (non-hydrogen) atoms. The van der Waals surface area contributed by atoms with E-state index in [4.69, 9.17) is 0 Å². The van der Waals surface area contributed by atoms with Gasteiger partial charge in [0.1, 0.15) is 0 Å². The number of carbonyl (C=O) groups is 1. The van der Waals surface area contributed by atoms with Gasteiger partial charge in [-0.05, 0) is 6.42 Å². The zero-order valence-electron chi connectivity index (χ0n) is 14.2. The first kappa shape index (κ1) is 32.1. The normalized spacial score (nSPS) is 15.5. The van der Waals surface area contributed by atoms with Crippen LogP contribution in [-0.4, -0.2) is 53.6 Å². The number of hydrogen-bond donors (Lipinski definition) is 0. The van der Waals surface area contributed by atoms with Crippen molar-refractivity contribution >= 4 is 5.97 Å². The molecule has 0 radical (unpaired) electrons. The molecule has 0 saturated heterocycles. The van der Waals surface area contributed by atoms with Crippen molar-refractivity contribution in [2.75, 3.05) is 0 Å². The standard InChI is InChI=1S/C11H5F17O2.Li/c12-4(13,2-1-3(29)30)5(14,15)6(16,17)7(18,19)8(20,21)9(22,23)10(24,25)11(26,27)28;/h1-2H2,(H,29,30);/q;+1/p-1. The van der Waals surface area contributed by atoms with Crippen LogP contribution in [0.3, 0.4) is 0 Å². The van der Waals surface area contributed by atoms with Crippen molar-refractivity contribution in [3.63, 3.8) is 0 Å². The second kappa shape index (κ2) is 8.34. The van der Waals surface area contributed by atoms with Crippen molar-refractivity contribution < 1.29 is 103 Å². The summed E-state index contributed by atoms with van der Waals surface area (Å²) >= 11 is 0. The molecule has 0 heterocycles. The molecule has 180 valence electrons. The van der Waals surface area contributed by atoms with Crippen LogP contribution in [0, 0.1) is 0 Å². The average molecular weight is 498 g/mol. The van der Waals surface area contributed by atoms with Crippen LogP contribution >= 0.6 is 0 Å². The van der Waals surface area contributed by atoms with Gasteiger partial charge in [0.25, 0.3) is 0 Å². The van der Waals surface area contributed by atoms with E-state index < -0.39 is 66.4 Å². The number of hydrogen-bond acceptors (Lipinski definition) is 2. The van der Waals surface area contributed by atoms with Gasteiger partial charge in [-0.3, -0.25) is 0 Å². The maximum Gasteiger partial charge on any atom is 1.00 e. The molecule has 2 nitrogen and oxygen atoms in total. The largest absolute Gasteiger partial charge is 1.00 e. The second-order valence-electron chi connectivity index (χ2n) is 5.52. The first-order valence-electron chi connectivity index (χ1n) is 6.58. The summed E-state index contributed by atoms with van der Waals surface area (Å²) in [6.45, 7) is 0. The smallest absolute Gasteiger partial charge is 0.550 e. The van der Waals surface area contributed by atoms with Crippen molar-refractivity contribution in [2.24, 2.45) is 0 Å². The Balaban J connectivity index is 0. The summed E-state index contributed by atoms with van der Waals surface area (Å²) in [4.78, 5) is 9.88. The molecule has 0 bridgehead atoms. The zero-order chi connectivity index (χ0) is 25.0. The number of carboxylic acid groups (broad SMARTS) is 1. The summed E-state index contributed by atoms with van der Waals surface area (Å²) in [5.41, 5.74) is 0. The fraction of sp³-hybridized carbons (Fsp3) is 0.909. The number of carbonyl (C=O) groups excluding carboxylic acids is 1. The van der Waals surface area contributed by atoms with E-state index in [9.17, 15) is 84.5 Å². The molecule has 0 aromatic carbocycles. The minimum absolute atomic E-state index is 0. The molecule has 0 rings (SSSR count). The van der Waals surface area contributed by atoms with E-state index in [0.717, 1.165) is 0 Å². The molecule has 0 saturated carbocycles. The topological polar surface area (TPSA) is 40.1 Å². The van der Waals surface area contributed by atoms with Crippen molar-refractivity contribution in [2.45, 2.75) is 60.5 Å². The van der Waals surface area contributed by atoms with Crippen LogP contribution in [0.25, 0.3) is 0 Å². The van der Waals surface area contributed by atoms with E-state index in [0.29, 0.717) is 0 Å². The Morgan fingerprint density at radius 2 is 0.774 bits per heavy atom. The van der Waals surface area contributed by atoms with Crippen LogP contribution in [0.5, 0.6) is 0 Å². The van der Waals surface area contributed by atoms with Gasteiger partial charge in [-0.2, -0.15) is 74.6 Å². The molecule has 0 aromatic rings. The van der Waals surface area contributed by atoms with Gasteiger partial charge in [-0.1, -0.05) is 0 Å². The summed E-state index contributed by atoms with van der Waals surface area (Å²) in [5.74, 6) is -59.8. The molecular formula is C11H4F17LiO2. The monoisotopic (exact) mass is 498 g/mol. The Kier molecular flexibility index (Phi) is 8.62. The summed E-state index contributed by atoms with van der Waals surface area (Å²) in [6, 6.07) is 0. The SMILES string of the molecule is O=C([O-])CCC(F)(F)C(F)(F)C(F)(F)C(F)(F)C(F)(F)C(F)(F)C(F)(F)C(F)(F)F.[Li+]. The first-order chi connectivity index (χ1) is 12.7. The Bertz CT molecular complexity index is 653. The predicted octanol–water partition coefficient (Wildman–Crippen LogP) is 1.53. The van der Waals surface area contributed by atoms with Crippen LogP contribution in [0.2, 0.25) is 0 Å². The van der Waals surface area contributed by atoms with Crippen molar-refractivity contribution in [1.29, 1.82) is 0 Å². The number of carboxylic acids is 1. The van der Waals surface area contributed by atoms with Crippen molar-refractivity contribution in [3.05, 3.63) is 0 Å². The minimum atomic E-state index is -8.70. The second-order valence-corrected chi connectivity index (χ2v) is 5.52. The number of alkyl halides is 17. The summed E-state index contributed by atoms with van der Waals surface area (Å²) < 4.78 is 218. The number of halogens is 17. The Morgan fingerprint density at radius 1 is 0.516 bits per heavy atom. The number of aliphatic carboxylic acids is 1. The van der Waals surface area contributed by atoms with Gasteiger partial charge in [-0.25, -0.2) is 0 Å². The van der Waals surface area contributed by atoms with Crippen LogP contribution in [0.1, 0.15) is 12.8 Å². The molecule has 0 aliphatic heterocycles. The third-order valence-corrected chi connectivity index (χ3v) is 3.43. The van der Waals surface area contributed by atoms with E-state index in [1.807, 2.05) is 0 Å². The van der Waals surface area contributed by atoms with E-state index in [-0.39, 0.29) is 18.9 Å². The van der Waals surface area contributed by atoms with Gasteiger partial charge in [0.05, 0.1) is 0 Å². The van der Waals surface area contributed by atoms with Crippen molar-refractivity contribution in [1.82, 2.24) is 0 Å². The van der Waals surface area contributed by atoms with E-state index >= 15 is 0 Å². The average Bonchev–Trinajstić information content (AvgIpc) is 2.50. The number of rotatable bonds is 9. The Hall–Kier alpha value is -1.12. The molecule has 0 amide bonds. The van der Waals surface area contributed by atoms with Gasteiger partial charge in [0.15, 0.2) is 0 Å². The fourth-order valence-electron chi connectivity index (χ4n) is 1.61. The summed E-state index contributed by atoms with van der Waals surface area (Å²) in [5, 5.41) is 9.88. The van der Waals surface area contributed by atoms with E-state index in [2.05, 4.69) is 0 Å². The summed E-state index contributed by atoms with van der Waals surface area (Å²) in [6.07, 6.45) is -13.1. The van der Waals surface area contributed by atoms with Gasteiger partial charge < -0.3 is 9.90 Å². The molecule has 0 atom stereocenters. The van der Waals surface area contributed by atoms with Gasteiger partial charge >= 0.3 is 66.5 Å². The van der Waals surface area contributed by atoms with Crippen LogP contribution in [0.15, 0.2) is 0 Å². The molecule has 0 unspecified atom stereocenters. The maximum absolute atomic E-state index is 13.2. The van der Waals surface area contributed by atoms with Crippen LogP contribution in [-0.2, 0) is 4.79 Å². The quantitative estimate of drug-likeness (QED) is 0.358. The minimum Gasteiger partial charge on any atom is -0.550 e. The van der Waals surface area contributed by atoms with E-state index in [1.54, 1.807) is 0 Å².